The Balaban J connectivity index is 0.00000392. The number of nitrogens with one attached hydrogen (secondary N) is 2. The Hall–Kier alpha value is -1.35. The third kappa shape index (κ3) is 8.77. The number of hydrogen-bond acceptors (Lipinski definition) is 4. The van der Waals surface area contributed by atoms with Gasteiger partial charge in [-0.15, -0.1) is 35.3 Å². The number of aliphatic imine (C=N–C) groups is 1. The third-order valence-electron chi connectivity index (χ3n) is 4.27. The predicted octanol–water partition coefficient (Wildman–Crippen LogP) is 4.12. The first-order chi connectivity index (χ1) is 13.1. The second-order valence-corrected chi connectivity index (χ2v) is 7.88. The standard InChI is InChI=1S/C21H33N5S.HI/c1-5-19-16-25-20(27-19)13-15-24-21(22-6-2)23-14-7-8-17-9-11-18(12-10-17)26(3)4;/h9-12,16H,5-8,13-15H2,1-4H3,(H2,22,23,24);1H. The summed E-state index contributed by atoms with van der Waals surface area (Å²) in [6.45, 7) is 6.81. The summed E-state index contributed by atoms with van der Waals surface area (Å²) in [5.74, 6) is 0.896. The van der Waals surface area contributed by atoms with Gasteiger partial charge < -0.3 is 15.5 Å². The highest BCUT2D eigenvalue weighted by atomic mass is 127. The van der Waals surface area contributed by atoms with Gasteiger partial charge in [0.05, 0.1) is 5.01 Å². The van der Waals surface area contributed by atoms with E-state index < -0.39 is 0 Å². The molecule has 0 bridgehead atoms. The van der Waals surface area contributed by atoms with E-state index in [-0.39, 0.29) is 24.0 Å². The highest BCUT2D eigenvalue weighted by molar-refractivity contribution is 14.0. The number of halogens is 1. The Labute approximate surface area is 191 Å². The molecule has 0 atom stereocenters. The van der Waals surface area contributed by atoms with E-state index >= 15 is 0 Å². The van der Waals surface area contributed by atoms with Crippen molar-refractivity contribution in [3.8, 4) is 0 Å². The van der Waals surface area contributed by atoms with Crippen molar-refractivity contribution in [3.63, 3.8) is 0 Å². The van der Waals surface area contributed by atoms with Crippen LogP contribution in [0.1, 0.15) is 35.7 Å². The minimum atomic E-state index is 0. The SMILES string of the molecule is CCNC(=NCCCc1ccc(N(C)C)cc1)NCCc1ncc(CC)s1.I. The summed E-state index contributed by atoms with van der Waals surface area (Å²) in [4.78, 5) is 12.6. The molecule has 28 heavy (non-hydrogen) atoms. The molecular formula is C21H34IN5S. The maximum atomic E-state index is 4.70. The minimum Gasteiger partial charge on any atom is -0.378 e. The number of hydrogen-bond donors (Lipinski definition) is 2. The fourth-order valence-electron chi connectivity index (χ4n) is 2.69. The summed E-state index contributed by atoms with van der Waals surface area (Å²) in [5.41, 5.74) is 2.60. The molecule has 5 nitrogen and oxygen atoms in total. The normalized spacial score (nSPS) is 11.1. The molecule has 2 rings (SSSR count). The lowest BCUT2D eigenvalue weighted by Gasteiger charge is -2.12. The third-order valence-corrected chi connectivity index (χ3v) is 5.47. The van der Waals surface area contributed by atoms with Crippen molar-refractivity contribution in [3.05, 3.63) is 45.9 Å². The lowest BCUT2D eigenvalue weighted by atomic mass is 10.1. The smallest absolute Gasteiger partial charge is 0.191 e. The second-order valence-electron chi connectivity index (χ2n) is 6.68. The summed E-state index contributed by atoms with van der Waals surface area (Å²) in [7, 11) is 4.13. The van der Waals surface area contributed by atoms with Crippen molar-refractivity contribution < 1.29 is 0 Å². The van der Waals surface area contributed by atoms with Gasteiger partial charge in [-0.3, -0.25) is 4.99 Å². The first-order valence-corrected chi connectivity index (χ1v) is 10.7. The molecule has 2 N–H and O–H groups in total. The van der Waals surface area contributed by atoms with Crippen LogP contribution in [0.2, 0.25) is 0 Å². The number of benzene rings is 1. The minimum absolute atomic E-state index is 0. The van der Waals surface area contributed by atoms with Crippen LogP contribution in [0, 0.1) is 0 Å². The number of anilines is 1. The molecule has 7 heteroatoms. The van der Waals surface area contributed by atoms with Gasteiger partial charge in [-0.1, -0.05) is 19.1 Å². The van der Waals surface area contributed by atoms with Crippen molar-refractivity contribution >= 4 is 47.0 Å². The molecule has 1 aromatic carbocycles. The zero-order chi connectivity index (χ0) is 19.5. The molecule has 0 unspecified atom stereocenters. The molecule has 0 radical (unpaired) electrons. The maximum Gasteiger partial charge on any atom is 0.191 e. The van der Waals surface area contributed by atoms with Gasteiger partial charge in [-0.25, -0.2) is 4.98 Å². The van der Waals surface area contributed by atoms with Crippen LogP contribution >= 0.6 is 35.3 Å². The number of aryl methyl sites for hydroxylation is 2. The molecule has 0 saturated carbocycles. The van der Waals surface area contributed by atoms with Crippen LogP contribution in [-0.4, -0.2) is 44.7 Å². The summed E-state index contributed by atoms with van der Waals surface area (Å²) < 4.78 is 0. The molecule has 0 aliphatic rings. The fourth-order valence-corrected chi connectivity index (χ4v) is 3.55. The highest BCUT2D eigenvalue weighted by Crippen LogP contribution is 2.14. The Morgan fingerprint density at radius 3 is 2.46 bits per heavy atom. The topological polar surface area (TPSA) is 52.6 Å². The summed E-state index contributed by atoms with van der Waals surface area (Å²) in [6, 6.07) is 8.77. The van der Waals surface area contributed by atoms with E-state index in [4.69, 9.17) is 4.99 Å². The van der Waals surface area contributed by atoms with E-state index in [0.29, 0.717) is 0 Å². The van der Waals surface area contributed by atoms with Crippen molar-refractivity contribution in [2.24, 2.45) is 4.99 Å². The van der Waals surface area contributed by atoms with Crippen molar-refractivity contribution in [1.29, 1.82) is 0 Å². The molecule has 0 amide bonds. The first-order valence-electron chi connectivity index (χ1n) is 9.84. The Morgan fingerprint density at radius 1 is 1.11 bits per heavy atom. The predicted molar refractivity (Wildman–Crippen MR) is 134 cm³/mol. The molecule has 0 spiro atoms. The van der Waals surface area contributed by atoms with Gasteiger partial charge in [0.2, 0.25) is 0 Å². The van der Waals surface area contributed by atoms with Crippen molar-refractivity contribution in [1.82, 2.24) is 15.6 Å². The van der Waals surface area contributed by atoms with Gasteiger partial charge in [0, 0.05) is 56.9 Å². The lowest BCUT2D eigenvalue weighted by Crippen LogP contribution is -2.38. The van der Waals surface area contributed by atoms with E-state index in [9.17, 15) is 0 Å². The maximum absolute atomic E-state index is 4.70. The molecule has 156 valence electrons. The van der Waals surface area contributed by atoms with Gasteiger partial charge in [-0.05, 0) is 43.9 Å². The number of nitrogens with zero attached hydrogens (tertiary/aromatic N) is 3. The van der Waals surface area contributed by atoms with E-state index in [0.717, 1.165) is 51.3 Å². The van der Waals surface area contributed by atoms with Crippen LogP contribution in [0.15, 0.2) is 35.5 Å². The van der Waals surface area contributed by atoms with Gasteiger partial charge in [0.1, 0.15) is 0 Å². The van der Waals surface area contributed by atoms with Gasteiger partial charge in [0.25, 0.3) is 0 Å². The molecular weight excluding hydrogens is 481 g/mol. The van der Waals surface area contributed by atoms with E-state index in [2.05, 4.69) is 72.7 Å². The average Bonchev–Trinajstić information content (AvgIpc) is 3.13. The number of guanidine groups is 1. The number of rotatable bonds is 10. The molecule has 2 aromatic rings. The number of aromatic nitrogens is 1. The molecule has 1 heterocycles. The zero-order valence-corrected chi connectivity index (χ0v) is 20.6. The summed E-state index contributed by atoms with van der Waals surface area (Å²) in [5, 5.41) is 7.93. The molecule has 0 saturated heterocycles. The van der Waals surface area contributed by atoms with Gasteiger partial charge in [0.15, 0.2) is 5.96 Å². The Bertz CT molecular complexity index is 697. The second kappa shape index (κ2) is 13.8. The van der Waals surface area contributed by atoms with Crippen molar-refractivity contribution in [2.75, 3.05) is 38.6 Å². The zero-order valence-electron chi connectivity index (χ0n) is 17.5. The monoisotopic (exact) mass is 515 g/mol. The summed E-state index contributed by atoms with van der Waals surface area (Å²) >= 11 is 1.81. The quantitative estimate of drug-likeness (QED) is 0.216. The summed E-state index contributed by atoms with van der Waals surface area (Å²) in [6.07, 6.45) is 6.09. The Morgan fingerprint density at radius 2 is 1.86 bits per heavy atom. The number of thiazole rings is 1. The highest BCUT2D eigenvalue weighted by Gasteiger charge is 2.02. The average molecular weight is 516 g/mol. The van der Waals surface area contributed by atoms with Crippen LogP contribution < -0.4 is 15.5 Å². The Kier molecular flexibility index (Phi) is 12.1. The van der Waals surface area contributed by atoms with Crippen LogP contribution in [0.4, 0.5) is 5.69 Å². The van der Waals surface area contributed by atoms with Crippen LogP contribution in [0.25, 0.3) is 0 Å². The van der Waals surface area contributed by atoms with Crippen LogP contribution in [-0.2, 0) is 19.3 Å². The van der Waals surface area contributed by atoms with Crippen molar-refractivity contribution in [2.45, 2.75) is 39.5 Å². The fraction of sp³-hybridized carbons (Fsp3) is 0.524. The lowest BCUT2D eigenvalue weighted by molar-refractivity contribution is 0.775. The molecule has 0 aliphatic heterocycles. The molecule has 0 aliphatic carbocycles. The van der Waals surface area contributed by atoms with Crippen LogP contribution in [0.5, 0.6) is 0 Å². The largest absolute Gasteiger partial charge is 0.378 e. The van der Waals surface area contributed by atoms with E-state index in [1.54, 1.807) is 11.3 Å². The van der Waals surface area contributed by atoms with E-state index in [1.165, 1.54) is 21.1 Å². The molecule has 1 aromatic heterocycles. The molecule has 0 fully saturated rings. The first kappa shape index (κ1) is 24.7. The van der Waals surface area contributed by atoms with E-state index in [1.807, 2.05) is 6.20 Å². The van der Waals surface area contributed by atoms with Gasteiger partial charge in [-0.2, -0.15) is 0 Å². The van der Waals surface area contributed by atoms with Gasteiger partial charge >= 0.3 is 0 Å². The van der Waals surface area contributed by atoms with Crippen LogP contribution in [0.3, 0.4) is 0 Å².